The number of carbonyl (C=O) groups excluding carboxylic acids is 2. The summed E-state index contributed by atoms with van der Waals surface area (Å²) in [4.78, 5) is 32.7. The zero-order chi connectivity index (χ0) is 13.8. The van der Waals surface area contributed by atoms with Crippen molar-refractivity contribution in [1.82, 2.24) is 14.9 Å². The molecule has 0 saturated carbocycles. The average molecular weight is 286 g/mol. The fourth-order valence-corrected chi connectivity index (χ4v) is 1.79. The molecule has 1 aliphatic rings. The summed E-state index contributed by atoms with van der Waals surface area (Å²) in [5.41, 5.74) is 0.176. The second-order valence-electron chi connectivity index (χ2n) is 3.86. The lowest BCUT2D eigenvalue weighted by Gasteiger charge is -2.31. The highest BCUT2D eigenvalue weighted by atomic mass is 35.5. The van der Waals surface area contributed by atoms with Crippen molar-refractivity contribution in [3.05, 3.63) is 23.2 Å². The molecule has 1 aromatic rings. The van der Waals surface area contributed by atoms with E-state index in [1.54, 1.807) is 0 Å². The minimum Gasteiger partial charge on any atom is -0.467 e. The second-order valence-corrected chi connectivity index (χ2v) is 4.25. The van der Waals surface area contributed by atoms with Gasteiger partial charge >= 0.3 is 5.97 Å². The monoisotopic (exact) mass is 285 g/mol. The van der Waals surface area contributed by atoms with Crippen LogP contribution in [0.5, 0.6) is 0 Å². The van der Waals surface area contributed by atoms with E-state index in [9.17, 15) is 9.59 Å². The van der Waals surface area contributed by atoms with Crippen LogP contribution in [0.25, 0.3) is 0 Å². The first-order valence-corrected chi connectivity index (χ1v) is 5.96. The summed E-state index contributed by atoms with van der Waals surface area (Å²) in [6.07, 6.45) is 1.84. The molecule has 2 heterocycles. The fraction of sp³-hybridized carbons (Fsp3) is 0.455. The Morgan fingerprint density at radius 3 is 2.89 bits per heavy atom. The number of nitrogens with zero attached hydrogens (tertiary/aromatic N) is 3. The summed E-state index contributed by atoms with van der Waals surface area (Å²) >= 11 is 5.61. The van der Waals surface area contributed by atoms with Crippen molar-refractivity contribution < 1.29 is 19.1 Å². The average Bonchev–Trinajstić information content (AvgIpc) is 2.46. The van der Waals surface area contributed by atoms with Crippen LogP contribution in [0.4, 0.5) is 0 Å². The van der Waals surface area contributed by atoms with Crippen LogP contribution < -0.4 is 0 Å². The number of ether oxygens (including phenoxy) is 2. The Morgan fingerprint density at radius 2 is 2.26 bits per heavy atom. The Kier molecular flexibility index (Phi) is 4.28. The van der Waals surface area contributed by atoms with Gasteiger partial charge in [-0.3, -0.25) is 4.79 Å². The fourth-order valence-electron chi connectivity index (χ4n) is 1.69. The number of morpholine rings is 1. The summed E-state index contributed by atoms with van der Waals surface area (Å²) in [5, 5.41) is 0.214. The van der Waals surface area contributed by atoms with Crippen molar-refractivity contribution in [3.8, 4) is 0 Å². The zero-order valence-electron chi connectivity index (χ0n) is 10.2. The van der Waals surface area contributed by atoms with Gasteiger partial charge in [0.25, 0.3) is 5.91 Å². The highest BCUT2D eigenvalue weighted by Crippen LogP contribution is 2.11. The number of methoxy groups -OCH3 is 1. The molecule has 1 fully saturated rings. The van der Waals surface area contributed by atoms with Crippen LogP contribution in [0.15, 0.2) is 12.4 Å². The van der Waals surface area contributed by atoms with Crippen molar-refractivity contribution >= 4 is 23.5 Å². The Bertz CT molecular complexity index is 479. The highest BCUT2D eigenvalue weighted by Gasteiger charge is 2.30. The third-order valence-electron chi connectivity index (χ3n) is 2.66. The number of rotatable bonds is 2. The van der Waals surface area contributed by atoms with E-state index in [-0.39, 0.29) is 29.9 Å². The van der Waals surface area contributed by atoms with Gasteiger partial charge in [0.15, 0.2) is 6.10 Å². The Balaban J connectivity index is 2.06. The first-order chi connectivity index (χ1) is 9.11. The third-order valence-corrected chi connectivity index (χ3v) is 2.85. The van der Waals surface area contributed by atoms with Crippen LogP contribution in [0.2, 0.25) is 5.15 Å². The van der Waals surface area contributed by atoms with Crippen LogP contribution in [0, 0.1) is 0 Å². The molecule has 8 heteroatoms. The lowest BCUT2D eigenvalue weighted by molar-refractivity contribution is -0.158. The van der Waals surface area contributed by atoms with Crippen LogP contribution >= 0.6 is 11.6 Å². The largest absolute Gasteiger partial charge is 0.467 e. The molecule has 0 bridgehead atoms. The topological polar surface area (TPSA) is 81.6 Å². The van der Waals surface area contributed by atoms with Gasteiger partial charge in [0.05, 0.1) is 32.7 Å². The molecule has 1 aromatic heterocycles. The molecule has 7 nitrogen and oxygen atoms in total. The molecule has 0 aliphatic carbocycles. The minimum atomic E-state index is -0.761. The molecule has 2 rings (SSSR count). The predicted molar refractivity (Wildman–Crippen MR) is 64.7 cm³/mol. The first-order valence-electron chi connectivity index (χ1n) is 5.58. The normalized spacial score (nSPS) is 19.1. The van der Waals surface area contributed by atoms with Crippen molar-refractivity contribution in [2.45, 2.75) is 6.10 Å². The molecule has 1 saturated heterocycles. The predicted octanol–water partition coefficient (Wildman–Crippen LogP) is 0.144. The summed E-state index contributed by atoms with van der Waals surface area (Å²) < 4.78 is 9.83. The molecule has 1 atom stereocenters. The molecule has 0 radical (unpaired) electrons. The van der Waals surface area contributed by atoms with Gasteiger partial charge in [-0.2, -0.15) is 0 Å². The van der Waals surface area contributed by atoms with E-state index in [2.05, 4.69) is 14.7 Å². The van der Waals surface area contributed by atoms with Crippen LogP contribution in [0.3, 0.4) is 0 Å². The zero-order valence-corrected chi connectivity index (χ0v) is 11.0. The molecular formula is C11H12ClN3O4. The van der Waals surface area contributed by atoms with Gasteiger partial charge in [-0.25, -0.2) is 14.8 Å². The van der Waals surface area contributed by atoms with Gasteiger partial charge in [0.1, 0.15) is 10.8 Å². The van der Waals surface area contributed by atoms with Crippen LogP contribution in [-0.2, 0) is 14.3 Å². The molecular weight excluding hydrogens is 274 g/mol. The quantitative estimate of drug-likeness (QED) is 0.719. The maximum Gasteiger partial charge on any atom is 0.336 e. The Labute approximate surface area is 114 Å². The van der Waals surface area contributed by atoms with E-state index in [4.69, 9.17) is 16.3 Å². The van der Waals surface area contributed by atoms with Crippen molar-refractivity contribution in [2.24, 2.45) is 0 Å². The van der Waals surface area contributed by atoms with Crippen LogP contribution in [-0.4, -0.2) is 59.7 Å². The third kappa shape index (κ3) is 3.18. The van der Waals surface area contributed by atoms with E-state index in [0.717, 1.165) is 0 Å². The van der Waals surface area contributed by atoms with Crippen molar-refractivity contribution in [3.63, 3.8) is 0 Å². The van der Waals surface area contributed by atoms with Gasteiger partial charge in [-0.05, 0) is 0 Å². The van der Waals surface area contributed by atoms with Crippen molar-refractivity contribution in [2.75, 3.05) is 26.8 Å². The number of hydrogen-bond acceptors (Lipinski definition) is 6. The van der Waals surface area contributed by atoms with E-state index >= 15 is 0 Å². The molecule has 102 valence electrons. The van der Waals surface area contributed by atoms with Crippen LogP contribution in [0.1, 0.15) is 10.5 Å². The molecule has 0 spiro atoms. The molecule has 19 heavy (non-hydrogen) atoms. The number of esters is 1. The summed E-state index contributed by atoms with van der Waals surface area (Å²) in [7, 11) is 1.27. The van der Waals surface area contributed by atoms with Crippen molar-refractivity contribution in [1.29, 1.82) is 0 Å². The number of carbonyl (C=O) groups is 2. The summed E-state index contributed by atoms with van der Waals surface area (Å²) in [5.74, 6) is -0.818. The molecule has 0 aromatic carbocycles. The van der Waals surface area contributed by atoms with E-state index in [1.165, 1.54) is 24.4 Å². The van der Waals surface area contributed by atoms with E-state index in [1.807, 2.05) is 0 Å². The standard InChI is InChI=1S/C11H12ClN3O4/c1-18-11(17)8-6-15(2-3-19-8)10(16)7-4-14-9(12)5-13-7/h4-5,8H,2-3,6H2,1H3. The van der Waals surface area contributed by atoms with Gasteiger partial charge in [-0.15, -0.1) is 0 Å². The smallest absolute Gasteiger partial charge is 0.336 e. The van der Waals surface area contributed by atoms with Gasteiger partial charge in [-0.1, -0.05) is 11.6 Å². The van der Waals surface area contributed by atoms with E-state index in [0.29, 0.717) is 6.54 Å². The molecule has 0 N–H and O–H groups in total. The van der Waals surface area contributed by atoms with Gasteiger partial charge in [0.2, 0.25) is 0 Å². The highest BCUT2D eigenvalue weighted by molar-refractivity contribution is 6.29. The molecule has 1 unspecified atom stereocenters. The summed E-state index contributed by atoms with van der Waals surface area (Å²) in [6, 6.07) is 0. The van der Waals surface area contributed by atoms with E-state index < -0.39 is 12.1 Å². The Morgan fingerprint density at radius 1 is 1.47 bits per heavy atom. The first kappa shape index (κ1) is 13.7. The maximum atomic E-state index is 12.1. The SMILES string of the molecule is COC(=O)C1CN(C(=O)c2cnc(Cl)cn2)CCO1. The minimum absolute atomic E-state index is 0.135. The number of halogens is 1. The summed E-state index contributed by atoms with van der Waals surface area (Å²) in [6.45, 7) is 0.791. The Hall–Kier alpha value is -1.73. The number of aromatic nitrogens is 2. The number of amides is 1. The molecule has 1 aliphatic heterocycles. The van der Waals surface area contributed by atoms with Gasteiger partial charge < -0.3 is 14.4 Å². The molecule has 1 amide bonds. The van der Waals surface area contributed by atoms with Gasteiger partial charge in [0, 0.05) is 6.54 Å². The maximum absolute atomic E-state index is 12.1. The lowest BCUT2D eigenvalue weighted by atomic mass is 10.2. The second kappa shape index (κ2) is 5.94. The lowest BCUT2D eigenvalue weighted by Crippen LogP contribution is -2.49. The number of hydrogen-bond donors (Lipinski definition) is 0.